The van der Waals surface area contributed by atoms with E-state index < -0.39 is 0 Å². The Labute approximate surface area is 87.3 Å². The van der Waals surface area contributed by atoms with Crippen LogP contribution in [0.5, 0.6) is 0 Å². The van der Waals surface area contributed by atoms with Crippen molar-refractivity contribution in [3.63, 3.8) is 0 Å². The number of nitrogens with one attached hydrogen (secondary N) is 2. The fourth-order valence-electron chi connectivity index (χ4n) is 1.78. The van der Waals surface area contributed by atoms with Gasteiger partial charge < -0.3 is 15.7 Å². The third kappa shape index (κ3) is 3.56. The molecule has 1 saturated heterocycles. The molecular weight excluding hydrogens is 176 g/mol. The first-order valence-electron chi connectivity index (χ1n) is 5.77. The molecule has 3 nitrogen and oxygen atoms in total. The predicted octanol–water partition coefficient (Wildman–Crippen LogP) is 0.737. The van der Waals surface area contributed by atoms with Gasteiger partial charge in [0.25, 0.3) is 0 Å². The summed E-state index contributed by atoms with van der Waals surface area (Å²) < 4.78 is 0. The van der Waals surface area contributed by atoms with Crippen molar-refractivity contribution in [2.24, 2.45) is 5.92 Å². The van der Waals surface area contributed by atoms with Crippen LogP contribution in [0.15, 0.2) is 0 Å². The van der Waals surface area contributed by atoms with Gasteiger partial charge in [-0.1, -0.05) is 6.92 Å². The molecule has 0 aromatic rings. The first-order chi connectivity index (χ1) is 6.70. The van der Waals surface area contributed by atoms with E-state index in [0.717, 1.165) is 25.4 Å². The molecule has 14 heavy (non-hydrogen) atoms. The van der Waals surface area contributed by atoms with Crippen molar-refractivity contribution in [2.45, 2.75) is 38.6 Å². The second-order valence-electron chi connectivity index (χ2n) is 4.67. The van der Waals surface area contributed by atoms with E-state index in [4.69, 9.17) is 0 Å². The third-order valence-electron chi connectivity index (χ3n) is 3.35. The lowest BCUT2D eigenvalue weighted by atomic mass is 9.95. The Morgan fingerprint density at radius 1 is 1.57 bits per heavy atom. The molecular formula is C11H24N2O. The fraction of sp³-hybridized carbons (Fsp3) is 1.00. The molecule has 0 amide bonds. The second kappa shape index (κ2) is 5.69. The average molecular weight is 200 g/mol. The summed E-state index contributed by atoms with van der Waals surface area (Å²) in [6.07, 6.45) is 3.57. The molecule has 0 aromatic carbocycles. The van der Waals surface area contributed by atoms with E-state index in [1.54, 1.807) is 0 Å². The van der Waals surface area contributed by atoms with Gasteiger partial charge in [0.05, 0.1) is 6.61 Å². The number of piperidine rings is 1. The van der Waals surface area contributed by atoms with Gasteiger partial charge in [0.15, 0.2) is 0 Å². The van der Waals surface area contributed by atoms with E-state index in [0.29, 0.717) is 0 Å². The van der Waals surface area contributed by atoms with Crippen molar-refractivity contribution in [3.05, 3.63) is 0 Å². The maximum Gasteiger partial charge on any atom is 0.0610 e. The van der Waals surface area contributed by atoms with Crippen molar-refractivity contribution >= 4 is 0 Å². The highest BCUT2D eigenvalue weighted by atomic mass is 16.3. The smallest absolute Gasteiger partial charge is 0.0610 e. The van der Waals surface area contributed by atoms with Crippen LogP contribution in [-0.4, -0.2) is 36.9 Å². The molecule has 84 valence electrons. The van der Waals surface area contributed by atoms with Crippen molar-refractivity contribution in [1.29, 1.82) is 0 Å². The normalized spacial score (nSPS) is 27.2. The quantitative estimate of drug-likeness (QED) is 0.613. The van der Waals surface area contributed by atoms with Crippen LogP contribution in [0.2, 0.25) is 0 Å². The average Bonchev–Trinajstić information content (AvgIpc) is 2.27. The van der Waals surface area contributed by atoms with Crippen molar-refractivity contribution in [3.8, 4) is 0 Å². The number of hydrogen-bond donors (Lipinski definition) is 3. The summed E-state index contributed by atoms with van der Waals surface area (Å²) in [5.41, 5.74) is -0.0859. The molecule has 3 heteroatoms. The molecule has 0 aliphatic carbocycles. The highest BCUT2D eigenvalue weighted by Crippen LogP contribution is 2.12. The zero-order valence-electron chi connectivity index (χ0n) is 9.47. The Morgan fingerprint density at radius 3 is 2.86 bits per heavy atom. The maximum atomic E-state index is 9.24. The Morgan fingerprint density at radius 2 is 2.36 bits per heavy atom. The summed E-state index contributed by atoms with van der Waals surface area (Å²) in [4.78, 5) is 0. The highest BCUT2D eigenvalue weighted by molar-refractivity contribution is 4.82. The van der Waals surface area contributed by atoms with Gasteiger partial charge in [-0.15, -0.1) is 0 Å². The summed E-state index contributed by atoms with van der Waals surface area (Å²) in [6.45, 7) is 7.74. The summed E-state index contributed by atoms with van der Waals surface area (Å²) in [5.74, 6) is 0.737. The Balaban J connectivity index is 2.23. The largest absolute Gasteiger partial charge is 0.394 e. The molecule has 3 N–H and O–H groups in total. The van der Waals surface area contributed by atoms with Crippen LogP contribution in [0.4, 0.5) is 0 Å². The van der Waals surface area contributed by atoms with Gasteiger partial charge >= 0.3 is 0 Å². The molecule has 1 aliphatic rings. The lowest BCUT2D eigenvalue weighted by Gasteiger charge is -2.31. The molecule has 0 saturated carbocycles. The molecule has 0 spiro atoms. The summed E-state index contributed by atoms with van der Waals surface area (Å²) in [7, 11) is 0. The first kappa shape index (κ1) is 12.0. The van der Waals surface area contributed by atoms with Gasteiger partial charge in [-0.05, 0) is 51.7 Å². The molecule has 1 fully saturated rings. The van der Waals surface area contributed by atoms with Gasteiger partial charge in [0.1, 0.15) is 0 Å². The minimum absolute atomic E-state index is 0.0859. The van der Waals surface area contributed by atoms with Crippen LogP contribution >= 0.6 is 0 Å². The molecule has 1 rings (SSSR count). The number of aliphatic hydroxyl groups excluding tert-OH is 1. The first-order valence-corrected chi connectivity index (χ1v) is 5.77. The van der Waals surface area contributed by atoms with Crippen LogP contribution in [0.25, 0.3) is 0 Å². The lowest BCUT2D eigenvalue weighted by molar-refractivity contribution is 0.161. The number of aliphatic hydroxyl groups is 1. The SMILES string of the molecule is CCC(C)(CO)NCC1CCCNC1. The van der Waals surface area contributed by atoms with Crippen LogP contribution in [0, 0.1) is 5.92 Å². The predicted molar refractivity (Wildman–Crippen MR) is 59.4 cm³/mol. The van der Waals surface area contributed by atoms with E-state index in [9.17, 15) is 5.11 Å². The van der Waals surface area contributed by atoms with Crippen molar-refractivity contribution in [2.75, 3.05) is 26.2 Å². The van der Waals surface area contributed by atoms with E-state index in [1.165, 1.54) is 19.4 Å². The van der Waals surface area contributed by atoms with Crippen molar-refractivity contribution < 1.29 is 5.11 Å². The molecule has 2 unspecified atom stereocenters. The molecule has 1 aliphatic heterocycles. The molecule has 2 atom stereocenters. The minimum atomic E-state index is -0.0859. The van der Waals surface area contributed by atoms with Crippen LogP contribution in [0.1, 0.15) is 33.1 Å². The molecule has 1 heterocycles. The maximum absolute atomic E-state index is 9.24. The zero-order chi connectivity index (χ0) is 10.4. The minimum Gasteiger partial charge on any atom is -0.394 e. The number of hydrogen-bond acceptors (Lipinski definition) is 3. The molecule has 0 aromatic heterocycles. The molecule has 0 radical (unpaired) electrons. The number of rotatable bonds is 5. The van der Waals surface area contributed by atoms with E-state index in [-0.39, 0.29) is 12.1 Å². The zero-order valence-corrected chi connectivity index (χ0v) is 9.47. The Hall–Kier alpha value is -0.120. The summed E-state index contributed by atoms with van der Waals surface area (Å²) in [6, 6.07) is 0. The summed E-state index contributed by atoms with van der Waals surface area (Å²) in [5, 5.41) is 16.1. The van der Waals surface area contributed by atoms with E-state index in [2.05, 4.69) is 24.5 Å². The monoisotopic (exact) mass is 200 g/mol. The van der Waals surface area contributed by atoms with Crippen molar-refractivity contribution in [1.82, 2.24) is 10.6 Å². The van der Waals surface area contributed by atoms with E-state index >= 15 is 0 Å². The Kier molecular flexibility index (Phi) is 4.85. The highest BCUT2D eigenvalue weighted by Gasteiger charge is 2.22. The van der Waals surface area contributed by atoms with Gasteiger partial charge in [0, 0.05) is 5.54 Å². The van der Waals surface area contributed by atoms with Crippen LogP contribution in [-0.2, 0) is 0 Å². The topological polar surface area (TPSA) is 44.3 Å². The summed E-state index contributed by atoms with van der Waals surface area (Å²) >= 11 is 0. The standard InChI is InChI=1S/C11H24N2O/c1-3-11(2,9-14)13-8-10-5-4-6-12-7-10/h10,12-14H,3-9H2,1-2H3. The van der Waals surface area contributed by atoms with Crippen LogP contribution < -0.4 is 10.6 Å². The van der Waals surface area contributed by atoms with Gasteiger partial charge in [-0.25, -0.2) is 0 Å². The van der Waals surface area contributed by atoms with Gasteiger partial charge in [-0.2, -0.15) is 0 Å². The van der Waals surface area contributed by atoms with E-state index in [1.807, 2.05) is 0 Å². The van der Waals surface area contributed by atoms with Gasteiger partial charge in [0.2, 0.25) is 0 Å². The second-order valence-corrected chi connectivity index (χ2v) is 4.67. The lowest BCUT2D eigenvalue weighted by Crippen LogP contribution is -2.49. The fourth-order valence-corrected chi connectivity index (χ4v) is 1.78. The third-order valence-corrected chi connectivity index (χ3v) is 3.35. The molecule has 0 bridgehead atoms. The Bertz CT molecular complexity index is 151. The van der Waals surface area contributed by atoms with Gasteiger partial charge in [-0.3, -0.25) is 0 Å². The van der Waals surface area contributed by atoms with Crippen LogP contribution in [0.3, 0.4) is 0 Å².